The lowest BCUT2D eigenvalue weighted by molar-refractivity contribution is -0.120. The number of amides is 4. The summed E-state index contributed by atoms with van der Waals surface area (Å²) in [6.45, 7) is 3.76. The quantitative estimate of drug-likeness (QED) is 0.162. The lowest BCUT2D eigenvalue weighted by atomic mass is 10.0. The number of aryl methyl sites for hydroxylation is 2. The van der Waals surface area contributed by atoms with Gasteiger partial charge in [-0.2, -0.15) is 26.6 Å². The minimum absolute atomic E-state index is 0. The standard InChI is InChI=1S/C35H37F4N7O5S.H2S/c1-5-27-7-9-29(19-40-27)45(3)33(47)31(15-21-11-23(36)17-24(37)12-21)42-35(49)44-52(50,51)43-32(16-22-13-25(38)18-26(39)14-22)34(48)46(4)30-10-8-28(6-2)41-20-30;/h7-14,17-20,31-32,43H,5-6,15-16H2,1-4H3,(H2,42,44,49);1H2/t31-,32-;/m0./s1. The van der Waals surface area contributed by atoms with Crippen LogP contribution in [0.15, 0.2) is 73.1 Å². The third-order valence-corrected chi connectivity index (χ3v) is 8.98. The van der Waals surface area contributed by atoms with Gasteiger partial charge in [-0.1, -0.05) is 13.8 Å². The molecule has 0 aliphatic carbocycles. The van der Waals surface area contributed by atoms with Gasteiger partial charge in [-0.25, -0.2) is 27.1 Å². The van der Waals surface area contributed by atoms with Gasteiger partial charge in [0.25, 0.3) is 0 Å². The summed E-state index contributed by atoms with van der Waals surface area (Å²) in [5.74, 6) is -5.48. The fourth-order valence-corrected chi connectivity index (χ4v) is 6.13. The van der Waals surface area contributed by atoms with E-state index in [-0.39, 0.29) is 30.3 Å². The van der Waals surface area contributed by atoms with E-state index in [1.807, 2.05) is 13.8 Å². The SMILES string of the molecule is CCc1ccc(N(C)C(=O)[C@H](Cc2cc(F)cc(F)c2)NC(=O)NS(=O)(=O)N[C@@H](Cc2cc(F)cc(F)c2)C(=O)N(C)c2ccc(CC)nc2)cn1.S. The highest BCUT2D eigenvalue weighted by Gasteiger charge is 2.31. The smallest absolute Gasteiger partial charge is 0.325 e. The number of aromatic nitrogens is 2. The van der Waals surface area contributed by atoms with Crippen LogP contribution in [0, 0.1) is 23.3 Å². The fraction of sp³-hybridized carbons (Fsp3) is 0.286. The van der Waals surface area contributed by atoms with Crippen molar-refractivity contribution in [3.63, 3.8) is 0 Å². The predicted molar refractivity (Wildman–Crippen MR) is 196 cm³/mol. The number of anilines is 2. The zero-order valence-corrected chi connectivity index (χ0v) is 31.0. The van der Waals surface area contributed by atoms with Crippen LogP contribution >= 0.6 is 13.5 Å². The second kappa shape index (κ2) is 18.6. The highest BCUT2D eigenvalue weighted by molar-refractivity contribution is 7.88. The predicted octanol–water partition coefficient (Wildman–Crippen LogP) is 4.25. The Morgan fingerprint density at radius 3 is 1.45 bits per heavy atom. The Bertz CT molecular complexity index is 1980. The minimum atomic E-state index is -4.95. The maximum absolute atomic E-state index is 14.0. The maximum atomic E-state index is 14.0. The van der Waals surface area contributed by atoms with E-state index in [9.17, 15) is 40.4 Å². The van der Waals surface area contributed by atoms with Crippen LogP contribution in [0.5, 0.6) is 0 Å². The molecule has 2 atom stereocenters. The first-order valence-corrected chi connectivity index (χ1v) is 17.5. The van der Waals surface area contributed by atoms with Crippen molar-refractivity contribution in [2.45, 2.75) is 51.6 Å². The zero-order valence-electron chi connectivity index (χ0n) is 29.2. The Labute approximate surface area is 311 Å². The molecule has 2 aromatic heterocycles. The van der Waals surface area contributed by atoms with Gasteiger partial charge in [0.1, 0.15) is 35.4 Å². The van der Waals surface area contributed by atoms with Crippen molar-refractivity contribution in [2.75, 3.05) is 23.9 Å². The Kier molecular flexibility index (Phi) is 14.9. The van der Waals surface area contributed by atoms with Gasteiger partial charge < -0.3 is 15.1 Å². The summed E-state index contributed by atoms with van der Waals surface area (Å²) < 4.78 is 86.5. The number of hydrogen-bond acceptors (Lipinski definition) is 7. The molecule has 4 aromatic rings. The minimum Gasteiger partial charge on any atom is -0.325 e. The number of halogens is 4. The molecular weight excluding hydrogens is 739 g/mol. The third-order valence-electron chi connectivity index (χ3n) is 7.93. The van der Waals surface area contributed by atoms with E-state index in [0.717, 1.165) is 45.5 Å². The van der Waals surface area contributed by atoms with E-state index < -0.39 is 76.2 Å². The molecule has 0 aliphatic rings. The molecule has 2 heterocycles. The van der Waals surface area contributed by atoms with Crippen LogP contribution in [0.25, 0.3) is 0 Å². The summed E-state index contributed by atoms with van der Waals surface area (Å²) in [6.07, 6.45) is 3.05. The van der Waals surface area contributed by atoms with Gasteiger partial charge in [0.05, 0.1) is 23.8 Å². The molecule has 0 fully saturated rings. The van der Waals surface area contributed by atoms with Crippen LogP contribution in [0.2, 0.25) is 0 Å². The molecule has 0 saturated heterocycles. The molecule has 0 unspecified atom stereocenters. The first-order valence-electron chi connectivity index (χ1n) is 16.0. The number of rotatable bonds is 14. The largest absolute Gasteiger partial charge is 0.330 e. The van der Waals surface area contributed by atoms with Gasteiger partial charge >= 0.3 is 16.2 Å². The summed E-state index contributed by atoms with van der Waals surface area (Å²) >= 11 is 0. The molecule has 2 aromatic carbocycles. The van der Waals surface area contributed by atoms with Crippen LogP contribution in [0.1, 0.15) is 36.4 Å². The van der Waals surface area contributed by atoms with Crippen molar-refractivity contribution in [1.82, 2.24) is 24.7 Å². The molecule has 18 heteroatoms. The number of carbonyl (C=O) groups is 3. The van der Waals surface area contributed by atoms with Gasteiger partial charge in [-0.05, 0) is 78.9 Å². The van der Waals surface area contributed by atoms with E-state index in [2.05, 4.69) is 20.0 Å². The van der Waals surface area contributed by atoms with E-state index in [0.29, 0.717) is 30.7 Å². The van der Waals surface area contributed by atoms with Crippen molar-refractivity contribution in [2.24, 2.45) is 0 Å². The number of hydrogen-bond donors (Lipinski definition) is 3. The van der Waals surface area contributed by atoms with Gasteiger partial charge in [0.15, 0.2) is 0 Å². The molecule has 12 nitrogen and oxygen atoms in total. The molecule has 4 rings (SSSR count). The highest BCUT2D eigenvalue weighted by Crippen LogP contribution is 2.18. The molecule has 0 radical (unpaired) electrons. The molecule has 0 spiro atoms. The zero-order chi connectivity index (χ0) is 38.2. The molecular formula is C35H39F4N7O5S2. The number of carbonyl (C=O) groups excluding carboxylic acids is 3. The number of pyridine rings is 2. The van der Waals surface area contributed by atoms with Gasteiger partial charge in [0.2, 0.25) is 11.8 Å². The second-order valence-electron chi connectivity index (χ2n) is 11.8. The lowest BCUT2D eigenvalue weighted by Crippen LogP contribution is -2.57. The summed E-state index contributed by atoms with van der Waals surface area (Å²) in [5, 5.41) is 2.23. The number of nitrogens with one attached hydrogen (secondary N) is 3. The average Bonchev–Trinajstić information content (AvgIpc) is 3.08. The molecule has 4 amide bonds. The van der Waals surface area contributed by atoms with E-state index in [1.165, 1.54) is 26.5 Å². The van der Waals surface area contributed by atoms with Crippen LogP contribution in [0.3, 0.4) is 0 Å². The molecule has 284 valence electrons. The van der Waals surface area contributed by atoms with E-state index in [4.69, 9.17) is 0 Å². The average molecular weight is 778 g/mol. The monoisotopic (exact) mass is 777 g/mol. The molecule has 0 aliphatic heterocycles. The van der Waals surface area contributed by atoms with Crippen molar-refractivity contribution in [3.8, 4) is 0 Å². The van der Waals surface area contributed by atoms with Gasteiger partial charge in [-0.3, -0.25) is 19.6 Å². The van der Waals surface area contributed by atoms with Crippen molar-refractivity contribution >= 4 is 52.9 Å². The second-order valence-corrected chi connectivity index (χ2v) is 13.2. The Balaban J connectivity index is 0.00000756. The Morgan fingerprint density at radius 1 is 0.679 bits per heavy atom. The van der Waals surface area contributed by atoms with Crippen molar-refractivity contribution in [3.05, 3.63) is 119 Å². The summed E-state index contributed by atoms with van der Waals surface area (Å²) in [6, 6.07) is 6.78. The Hall–Kier alpha value is -5.07. The summed E-state index contributed by atoms with van der Waals surface area (Å²) in [5.41, 5.74) is 1.96. The number of benzene rings is 2. The first-order chi connectivity index (χ1) is 24.6. The molecule has 53 heavy (non-hydrogen) atoms. The van der Waals surface area contributed by atoms with Crippen LogP contribution in [-0.2, 0) is 45.5 Å². The summed E-state index contributed by atoms with van der Waals surface area (Å²) in [7, 11) is -2.24. The Morgan fingerprint density at radius 2 is 1.08 bits per heavy atom. The third kappa shape index (κ3) is 12.0. The van der Waals surface area contributed by atoms with Crippen molar-refractivity contribution in [1.29, 1.82) is 0 Å². The van der Waals surface area contributed by atoms with E-state index >= 15 is 0 Å². The number of likely N-dealkylation sites (N-methyl/N-ethyl adjacent to an activating group) is 2. The van der Waals surface area contributed by atoms with E-state index in [1.54, 1.807) is 29.0 Å². The van der Waals surface area contributed by atoms with Gasteiger partial charge in [0, 0.05) is 44.0 Å². The van der Waals surface area contributed by atoms with Crippen molar-refractivity contribution < 1.29 is 40.4 Å². The first kappa shape index (κ1) is 42.3. The normalized spacial score (nSPS) is 12.2. The highest BCUT2D eigenvalue weighted by atomic mass is 32.2. The van der Waals surface area contributed by atoms with Crippen LogP contribution in [0.4, 0.5) is 33.7 Å². The topological polar surface area (TPSA) is 154 Å². The molecule has 0 saturated carbocycles. The fourth-order valence-electron chi connectivity index (χ4n) is 5.21. The summed E-state index contributed by atoms with van der Waals surface area (Å²) in [4.78, 5) is 51.1. The molecule has 3 N–H and O–H groups in total. The lowest BCUT2D eigenvalue weighted by Gasteiger charge is -2.26. The van der Waals surface area contributed by atoms with Crippen LogP contribution < -0.4 is 24.6 Å². The number of urea groups is 1. The number of nitrogens with zero attached hydrogens (tertiary/aromatic N) is 4. The van der Waals surface area contributed by atoms with Gasteiger partial charge in [-0.15, -0.1) is 0 Å². The maximum Gasteiger partial charge on any atom is 0.330 e. The molecule has 0 bridgehead atoms. The van der Waals surface area contributed by atoms with Crippen LogP contribution in [-0.4, -0.2) is 62.4 Å².